The summed E-state index contributed by atoms with van der Waals surface area (Å²) in [6.45, 7) is 21.5. The summed E-state index contributed by atoms with van der Waals surface area (Å²) in [5, 5.41) is 12.1. The van der Waals surface area contributed by atoms with Gasteiger partial charge in [-0.2, -0.15) is 0 Å². The molecule has 0 saturated heterocycles. The summed E-state index contributed by atoms with van der Waals surface area (Å²) in [5.41, 5.74) is -1.06. The number of cyclic esters (lactones) is 1. The minimum Gasteiger partial charge on any atom is -0.506 e. The normalized spacial score (nSPS) is 16.4. The van der Waals surface area contributed by atoms with E-state index in [1.807, 2.05) is 0 Å². The molecule has 40 heavy (non-hydrogen) atoms. The van der Waals surface area contributed by atoms with E-state index in [0.29, 0.717) is 30.4 Å². The van der Waals surface area contributed by atoms with Crippen LogP contribution in [-0.2, 0) is 25.2 Å². The van der Waals surface area contributed by atoms with Gasteiger partial charge in [0.25, 0.3) is 0 Å². The summed E-state index contributed by atoms with van der Waals surface area (Å²) in [6, 6.07) is 5.00. The molecule has 2 aromatic carbocycles. The van der Waals surface area contributed by atoms with E-state index in [1.165, 1.54) is 6.07 Å². The molecule has 1 N–H and O–H groups in total. The van der Waals surface area contributed by atoms with Crippen LogP contribution in [0.3, 0.4) is 0 Å². The van der Waals surface area contributed by atoms with Crippen molar-refractivity contribution >= 4 is 37.0 Å². The molecule has 0 aromatic heterocycles. The van der Waals surface area contributed by atoms with E-state index >= 15 is 0 Å². The highest BCUT2D eigenvalue weighted by Crippen LogP contribution is 2.46. The van der Waals surface area contributed by atoms with Gasteiger partial charge in [0.15, 0.2) is 19.8 Å². The van der Waals surface area contributed by atoms with Crippen molar-refractivity contribution in [3.63, 3.8) is 0 Å². The lowest BCUT2D eigenvalue weighted by Gasteiger charge is -2.36. The molecule has 1 heterocycles. The summed E-state index contributed by atoms with van der Waals surface area (Å²) in [4.78, 5) is 38.8. The Labute approximate surface area is 238 Å². The average Bonchev–Trinajstić information content (AvgIpc) is 2.77. The highest BCUT2D eigenvalue weighted by molar-refractivity contribution is 6.74. The van der Waals surface area contributed by atoms with E-state index in [4.69, 9.17) is 18.6 Å². The molecule has 1 aliphatic heterocycles. The van der Waals surface area contributed by atoms with Crippen molar-refractivity contribution in [3.05, 3.63) is 29.3 Å². The van der Waals surface area contributed by atoms with E-state index in [2.05, 4.69) is 33.9 Å². The van der Waals surface area contributed by atoms with Crippen molar-refractivity contribution in [2.24, 2.45) is 10.8 Å². The first kappa shape index (κ1) is 31.6. The predicted octanol–water partition coefficient (Wildman–Crippen LogP) is 6.94. The third kappa shape index (κ3) is 6.69. The van der Waals surface area contributed by atoms with Gasteiger partial charge in [-0.25, -0.2) is 4.79 Å². The van der Waals surface area contributed by atoms with Crippen molar-refractivity contribution in [2.45, 2.75) is 99.4 Å². The van der Waals surface area contributed by atoms with Gasteiger partial charge in [-0.3, -0.25) is 9.59 Å². The molecule has 0 saturated carbocycles. The van der Waals surface area contributed by atoms with Crippen molar-refractivity contribution in [2.75, 3.05) is 6.61 Å². The van der Waals surface area contributed by atoms with Crippen LogP contribution < -0.4 is 9.47 Å². The Hall–Kier alpha value is -2.91. The molecule has 0 amide bonds. The van der Waals surface area contributed by atoms with Gasteiger partial charge in [0, 0.05) is 19.4 Å². The Morgan fingerprint density at radius 2 is 1.55 bits per heavy atom. The van der Waals surface area contributed by atoms with Crippen molar-refractivity contribution in [1.29, 1.82) is 0 Å². The van der Waals surface area contributed by atoms with Crippen LogP contribution in [0.15, 0.2) is 18.2 Å². The maximum absolute atomic E-state index is 13.2. The summed E-state index contributed by atoms with van der Waals surface area (Å²) < 4.78 is 23.3. The Morgan fingerprint density at radius 3 is 2.10 bits per heavy atom. The number of hydrogen-bond donors (Lipinski definition) is 1. The van der Waals surface area contributed by atoms with E-state index < -0.39 is 43.2 Å². The fourth-order valence-electron chi connectivity index (χ4n) is 3.87. The van der Waals surface area contributed by atoms with Crippen LogP contribution in [0, 0.1) is 10.8 Å². The molecule has 220 valence electrons. The minimum atomic E-state index is -1.94. The standard InChI is InChI=1S/C31H44O8Si/c1-29(2,3)27(34)38-21-13-12-18-16-19-17-20(14-15-36-40(10,11)31(7,8)9)37-26(33)23(19)24(32)22(18)25(21)39-28(35)30(4,5)6/h12-13,16,20,32H,14-15,17H2,1-11H3/t20-/m1/s1. The molecule has 2 aromatic rings. The van der Waals surface area contributed by atoms with Gasteiger partial charge >= 0.3 is 17.9 Å². The lowest BCUT2D eigenvalue weighted by molar-refractivity contribution is -0.145. The zero-order valence-corrected chi connectivity index (χ0v) is 26.7. The predicted molar refractivity (Wildman–Crippen MR) is 156 cm³/mol. The molecular weight excluding hydrogens is 528 g/mol. The second-order valence-electron chi connectivity index (χ2n) is 14.2. The number of phenolic OH excluding ortho intramolecular Hbond substituents is 1. The summed E-state index contributed by atoms with van der Waals surface area (Å²) in [7, 11) is -1.94. The minimum absolute atomic E-state index is 0.0152. The number of rotatable bonds is 6. The van der Waals surface area contributed by atoms with Crippen LogP contribution in [0.1, 0.15) is 84.7 Å². The quantitative estimate of drug-likeness (QED) is 0.225. The molecule has 1 aliphatic rings. The van der Waals surface area contributed by atoms with Gasteiger partial charge in [0.2, 0.25) is 0 Å². The molecule has 0 radical (unpaired) electrons. The third-order valence-electron chi connectivity index (χ3n) is 7.53. The van der Waals surface area contributed by atoms with Gasteiger partial charge in [0.1, 0.15) is 17.4 Å². The fraction of sp³-hybridized carbons (Fsp3) is 0.581. The van der Waals surface area contributed by atoms with Crippen LogP contribution >= 0.6 is 0 Å². The molecule has 0 fully saturated rings. The van der Waals surface area contributed by atoms with Gasteiger partial charge in [-0.05, 0) is 82.8 Å². The number of carbonyl (C=O) groups is 3. The van der Waals surface area contributed by atoms with E-state index in [9.17, 15) is 19.5 Å². The first-order valence-electron chi connectivity index (χ1n) is 13.7. The Bertz CT molecular complexity index is 1320. The lowest BCUT2D eigenvalue weighted by atomic mass is 9.92. The summed E-state index contributed by atoms with van der Waals surface area (Å²) in [5.74, 6) is -2.31. The number of ether oxygens (including phenoxy) is 3. The smallest absolute Gasteiger partial charge is 0.342 e. The second-order valence-corrected chi connectivity index (χ2v) is 19.0. The molecule has 9 heteroatoms. The molecule has 0 bridgehead atoms. The lowest BCUT2D eigenvalue weighted by Crippen LogP contribution is -2.41. The monoisotopic (exact) mass is 572 g/mol. The number of phenols is 1. The van der Waals surface area contributed by atoms with Crippen LogP contribution in [0.4, 0.5) is 0 Å². The van der Waals surface area contributed by atoms with Crippen molar-refractivity contribution in [3.8, 4) is 17.2 Å². The molecular formula is C31H44O8Si. The van der Waals surface area contributed by atoms with E-state index in [0.717, 1.165) is 0 Å². The number of carbonyl (C=O) groups excluding carboxylic acids is 3. The molecule has 8 nitrogen and oxygen atoms in total. The van der Waals surface area contributed by atoms with Crippen LogP contribution in [-0.4, -0.2) is 44.0 Å². The maximum atomic E-state index is 13.2. The van der Waals surface area contributed by atoms with Gasteiger partial charge in [-0.1, -0.05) is 26.8 Å². The van der Waals surface area contributed by atoms with Gasteiger partial charge in [0.05, 0.1) is 16.2 Å². The van der Waals surface area contributed by atoms with Gasteiger partial charge in [-0.15, -0.1) is 0 Å². The average molecular weight is 573 g/mol. The number of fused-ring (bicyclic) bond motifs is 2. The fourth-order valence-corrected chi connectivity index (χ4v) is 4.93. The number of hydrogen-bond acceptors (Lipinski definition) is 8. The van der Waals surface area contributed by atoms with Crippen LogP contribution in [0.25, 0.3) is 10.8 Å². The number of benzene rings is 2. The third-order valence-corrected chi connectivity index (χ3v) is 12.1. The zero-order chi connectivity index (χ0) is 30.4. The Balaban J connectivity index is 2.02. The number of aromatic hydroxyl groups is 1. The maximum Gasteiger partial charge on any atom is 0.342 e. The summed E-state index contributed by atoms with van der Waals surface area (Å²) >= 11 is 0. The Morgan fingerprint density at radius 1 is 0.975 bits per heavy atom. The first-order chi connectivity index (χ1) is 18.1. The van der Waals surface area contributed by atoms with Crippen molar-refractivity contribution < 1.29 is 38.1 Å². The first-order valence-corrected chi connectivity index (χ1v) is 16.7. The molecule has 0 aliphatic carbocycles. The molecule has 3 rings (SSSR count). The van der Waals surface area contributed by atoms with Crippen LogP contribution in [0.5, 0.6) is 17.2 Å². The van der Waals surface area contributed by atoms with Crippen molar-refractivity contribution in [1.82, 2.24) is 0 Å². The molecule has 1 atom stereocenters. The Kier molecular flexibility index (Phi) is 8.55. The molecule has 0 spiro atoms. The SMILES string of the molecule is CC(C)(C)C(=O)Oc1ccc2cc3c(c(O)c2c1OC(=O)C(C)(C)C)C(=O)O[C@H](CCO[Si](C)(C)C(C)(C)C)C3. The second kappa shape index (κ2) is 10.8. The zero-order valence-electron chi connectivity index (χ0n) is 25.7. The topological polar surface area (TPSA) is 108 Å². The largest absolute Gasteiger partial charge is 0.506 e. The van der Waals surface area contributed by atoms with Gasteiger partial charge < -0.3 is 23.7 Å². The highest BCUT2D eigenvalue weighted by Gasteiger charge is 2.38. The number of esters is 3. The molecule has 0 unspecified atom stereocenters. The van der Waals surface area contributed by atoms with E-state index in [-0.39, 0.29) is 33.2 Å². The summed E-state index contributed by atoms with van der Waals surface area (Å²) in [6.07, 6.45) is 0.544. The highest BCUT2D eigenvalue weighted by atomic mass is 28.4. The van der Waals surface area contributed by atoms with Crippen LogP contribution in [0.2, 0.25) is 18.1 Å². The van der Waals surface area contributed by atoms with E-state index in [1.54, 1.807) is 53.7 Å².